The van der Waals surface area contributed by atoms with Gasteiger partial charge in [-0.1, -0.05) is 43.2 Å². The molecule has 6 heteroatoms. The number of aryl methyl sites for hydroxylation is 1. The quantitative estimate of drug-likeness (QED) is 0.214. The maximum atomic E-state index is 5.76. The molecular weight excluding hydrogens is 453 g/mol. The Hall–Kier alpha value is -0.860. The third-order valence-electron chi connectivity index (χ3n) is 4.50. The molecule has 0 radical (unpaired) electrons. The molecule has 1 atom stereocenters. The topological polar surface area (TPSA) is 54.9 Å². The number of rotatable bonds is 11. The van der Waals surface area contributed by atoms with Gasteiger partial charge in [0, 0.05) is 32.2 Å². The van der Waals surface area contributed by atoms with Crippen molar-refractivity contribution in [2.75, 3.05) is 39.5 Å². The van der Waals surface area contributed by atoms with Crippen LogP contribution in [0.15, 0.2) is 29.3 Å². The van der Waals surface area contributed by atoms with Crippen molar-refractivity contribution in [2.45, 2.75) is 46.1 Å². The van der Waals surface area contributed by atoms with Gasteiger partial charge in [0.1, 0.15) is 0 Å². The van der Waals surface area contributed by atoms with Crippen LogP contribution in [-0.2, 0) is 16.0 Å². The van der Waals surface area contributed by atoms with Crippen molar-refractivity contribution < 1.29 is 9.47 Å². The molecule has 2 N–H and O–H groups in total. The summed E-state index contributed by atoms with van der Waals surface area (Å²) in [7, 11) is 0. The molecule has 1 aliphatic rings. The van der Waals surface area contributed by atoms with Crippen LogP contribution in [0.3, 0.4) is 0 Å². The van der Waals surface area contributed by atoms with Crippen molar-refractivity contribution >= 4 is 29.9 Å². The maximum Gasteiger partial charge on any atom is 0.191 e. The molecule has 1 aromatic rings. The van der Waals surface area contributed by atoms with Gasteiger partial charge in [0.05, 0.1) is 19.8 Å². The minimum Gasteiger partial charge on any atom is -0.381 e. The third kappa shape index (κ3) is 10.9. The van der Waals surface area contributed by atoms with Crippen molar-refractivity contribution in [3.8, 4) is 0 Å². The summed E-state index contributed by atoms with van der Waals surface area (Å²) in [4.78, 5) is 4.71. The van der Waals surface area contributed by atoms with E-state index in [-0.39, 0.29) is 24.0 Å². The summed E-state index contributed by atoms with van der Waals surface area (Å²) in [5.74, 6) is 1.48. The van der Waals surface area contributed by atoms with E-state index in [4.69, 9.17) is 14.5 Å². The highest BCUT2D eigenvalue weighted by molar-refractivity contribution is 14.0. The van der Waals surface area contributed by atoms with Crippen LogP contribution in [0.1, 0.15) is 43.7 Å². The number of ether oxygens (including phenoxy) is 2. The van der Waals surface area contributed by atoms with Gasteiger partial charge in [0.2, 0.25) is 0 Å². The smallest absolute Gasteiger partial charge is 0.191 e. The Morgan fingerprint density at radius 1 is 1.19 bits per heavy atom. The number of aliphatic imine (C=N–C) groups is 1. The fraction of sp³-hybridized carbons (Fsp3) is 0.667. The largest absolute Gasteiger partial charge is 0.381 e. The summed E-state index contributed by atoms with van der Waals surface area (Å²) >= 11 is 0. The zero-order valence-electron chi connectivity index (χ0n) is 16.8. The van der Waals surface area contributed by atoms with Gasteiger partial charge < -0.3 is 20.1 Å². The van der Waals surface area contributed by atoms with Crippen molar-refractivity contribution in [3.05, 3.63) is 35.4 Å². The molecule has 1 fully saturated rings. The molecule has 0 bridgehead atoms. The van der Waals surface area contributed by atoms with Gasteiger partial charge in [0.15, 0.2) is 5.96 Å². The van der Waals surface area contributed by atoms with Crippen molar-refractivity contribution in [3.63, 3.8) is 0 Å². The summed E-state index contributed by atoms with van der Waals surface area (Å²) < 4.78 is 11.1. The van der Waals surface area contributed by atoms with Crippen LogP contribution in [-0.4, -0.2) is 45.5 Å². The van der Waals surface area contributed by atoms with Crippen LogP contribution < -0.4 is 10.6 Å². The van der Waals surface area contributed by atoms with Crippen LogP contribution in [0.5, 0.6) is 0 Å². The Labute approximate surface area is 181 Å². The minimum absolute atomic E-state index is 0. The van der Waals surface area contributed by atoms with E-state index in [1.165, 1.54) is 17.5 Å². The number of benzene rings is 1. The van der Waals surface area contributed by atoms with Gasteiger partial charge in [-0.2, -0.15) is 0 Å². The Morgan fingerprint density at radius 3 is 2.59 bits per heavy atom. The van der Waals surface area contributed by atoms with E-state index < -0.39 is 0 Å². The first kappa shape index (κ1) is 24.2. The van der Waals surface area contributed by atoms with Crippen LogP contribution in [0.25, 0.3) is 0 Å². The first-order chi connectivity index (χ1) is 12.8. The Bertz CT molecular complexity index is 517. The maximum absolute atomic E-state index is 5.76. The number of halogens is 1. The minimum atomic E-state index is 0. The molecule has 1 saturated heterocycles. The van der Waals surface area contributed by atoms with Crippen LogP contribution in [0, 0.1) is 12.8 Å². The second-order valence-electron chi connectivity index (χ2n) is 7.02. The summed E-state index contributed by atoms with van der Waals surface area (Å²) in [5.41, 5.74) is 2.51. The second-order valence-corrected chi connectivity index (χ2v) is 7.02. The van der Waals surface area contributed by atoms with Gasteiger partial charge >= 0.3 is 0 Å². The highest BCUT2D eigenvalue weighted by atomic mass is 127. The number of hydrogen-bond donors (Lipinski definition) is 2. The molecule has 1 aliphatic heterocycles. The fourth-order valence-corrected chi connectivity index (χ4v) is 2.77. The molecule has 0 aliphatic carbocycles. The number of nitrogens with zero attached hydrogens (tertiary/aromatic N) is 1. The monoisotopic (exact) mass is 489 g/mol. The van der Waals surface area contributed by atoms with Gasteiger partial charge in [-0.15, -0.1) is 24.0 Å². The average molecular weight is 489 g/mol. The summed E-state index contributed by atoms with van der Waals surface area (Å²) in [6.07, 6.45) is 4.44. The molecule has 0 saturated carbocycles. The number of guanidine groups is 1. The molecule has 5 nitrogen and oxygen atoms in total. The molecule has 0 aromatic heterocycles. The van der Waals surface area contributed by atoms with Crippen molar-refractivity contribution in [1.82, 2.24) is 10.6 Å². The normalized spacial score (nSPS) is 16.8. The first-order valence-electron chi connectivity index (χ1n) is 10.0. The standard InChI is InChI=1S/C21H35N3O2.HI/c1-3-4-11-22-21(24-15-19-8-6-18(2)7-9-19)23-12-5-13-25-16-20-10-14-26-17-20;/h6-9,20H,3-5,10-17H2,1-2H3,(H2,22,23,24);1H. The van der Waals surface area contributed by atoms with Gasteiger partial charge in [-0.25, -0.2) is 4.99 Å². The van der Waals surface area contributed by atoms with E-state index in [0.717, 1.165) is 64.7 Å². The molecule has 0 amide bonds. The number of unbranched alkanes of at least 4 members (excludes halogenated alkanes) is 1. The first-order valence-corrected chi connectivity index (χ1v) is 10.0. The van der Waals surface area contributed by atoms with E-state index in [2.05, 4.69) is 48.7 Å². The van der Waals surface area contributed by atoms with Crippen molar-refractivity contribution in [1.29, 1.82) is 0 Å². The lowest BCUT2D eigenvalue weighted by Crippen LogP contribution is -2.38. The molecule has 154 valence electrons. The third-order valence-corrected chi connectivity index (χ3v) is 4.50. The van der Waals surface area contributed by atoms with Crippen LogP contribution in [0.2, 0.25) is 0 Å². The number of hydrogen-bond acceptors (Lipinski definition) is 3. The van der Waals surface area contributed by atoms with E-state index in [1.807, 2.05) is 0 Å². The summed E-state index contributed by atoms with van der Waals surface area (Å²) in [5, 5.41) is 6.84. The van der Waals surface area contributed by atoms with Crippen LogP contribution in [0.4, 0.5) is 0 Å². The SMILES string of the molecule is CCCCNC(=NCc1ccc(C)cc1)NCCCOCC1CCOC1.I. The van der Waals surface area contributed by atoms with E-state index in [0.29, 0.717) is 12.5 Å². The Balaban J connectivity index is 0.00000364. The highest BCUT2D eigenvalue weighted by Crippen LogP contribution is 2.12. The van der Waals surface area contributed by atoms with E-state index in [9.17, 15) is 0 Å². The highest BCUT2D eigenvalue weighted by Gasteiger charge is 2.15. The number of nitrogens with one attached hydrogen (secondary N) is 2. The molecule has 1 unspecified atom stereocenters. The second kappa shape index (κ2) is 15.1. The average Bonchev–Trinajstić information content (AvgIpc) is 3.17. The Morgan fingerprint density at radius 2 is 1.93 bits per heavy atom. The lowest BCUT2D eigenvalue weighted by Gasteiger charge is -2.13. The predicted molar refractivity (Wildman–Crippen MR) is 123 cm³/mol. The molecule has 1 heterocycles. The molecule has 1 aromatic carbocycles. The zero-order chi connectivity index (χ0) is 18.5. The summed E-state index contributed by atoms with van der Waals surface area (Å²) in [6.45, 7) is 10.2. The summed E-state index contributed by atoms with van der Waals surface area (Å²) in [6, 6.07) is 8.55. The van der Waals surface area contributed by atoms with E-state index >= 15 is 0 Å². The lowest BCUT2D eigenvalue weighted by molar-refractivity contribution is 0.0888. The van der Waals surface area contributed by atoms with Gasteiger partial charge in [-0.3, -0.25) is 0 Å². The molecule has 2 rings (SSSR count). The van der Waals surface area contributed by atoms with E-state index in [1.54, 1.807) is 0 Å². The molecule has 0 spiro atoms. The lowest BCUT2D eigenvalue weighted by atomic mass is 10.1. The van der Waals surface area contributed by atoms with Gasteiger partial charge in [0.25, 0.3) is 0 Å². The Kier molecular flexibility index (Phi) is 13.5. The predicted octanol–water partition coefficient (Wildman–Crippen LogP) is 3.89. The fourth-order valence-electron chi connectivity index (χ4n) is 2.77. The van der Waals surface area contributed by atoms with Crippen LogP contribution >= 0.6 is 24.0 Å². The zero-order valence-corrected chi connectivity index (χ0v) is 19.2. The molecule has 27 heavy (non-hydrogen) atoms. The van der Waals surface area contributed by atoms with Gasteiger partial charge in [-0.05, 0) is 31.7 Å². The molecular formula is C21H36IN3O2. The van der Waals surface area contributed by atoms with Crippen molar-refractivity contribution in [2.24, 2.45) is 10.9 Å².